The van der Waals surface area contributed by atoms with Gasteiger partial charge in [0.2, 0.25) is 5.95 Å². The lowest BCUT2D eigenvalue weighted by molar-refractivity contribution is -0.679. The first-order valence-electron chi connectivity index (χ1n) is 6.11. The van der Waals surface area contributed by atoms with Crippen LogP contribution in [0.3, 0.4) is 0 Å². The lowest BCUT2D eigenvalue weighted by Gasteiger charge is -2.19. The van der Waals surface area contributed by atoms with Gasteiger partial charge in [-0.3, -0.25) is 10.1 Å². The fraction of sp³-hybridized carbons (Fsp3) is 0.250. The molecule has 0 fully saturated rings. The van der Waals surface area contributed by atoms with Crippen molar-refractivity contribution in [3.63, 3.8) is 0 Å². The van der Waals surface area contributed by atoms with Crippen molar-refractivity contribution in [3.05, 3.63) is 58.4 Å². The summed E-state index contributed by atoms with van der Waals surface area (Å²) in [6, 6.07) is 5.29. The van der Waals surface area contributed by atoms with Gasteiger partial charge in [-0.1, -0.05) is 6.07 Å². The van der Waals surface area contributed by atoms with Crippen LogP contribution in [0.5, 0.6) is 0 Å². The van der Waals surface area contributed by atoms with Crippen LogP contribution in [-0.2, 0) is 13.5 Å². The first-order chi connectivity index (χ1) is 9.66. The molecule has 102 valence electrons. The van der Waals surface area contributed by atoms with Gasteiger partial charge in [0.1, 0.15) is 13.4 Å². The number of anilines is 1. The maximum Gasteiger partial charge on any atom is 0.287 e. The number of rotatable bonds is 3. The molecule has 3 rings (SSSR count). The average Bonchev–Trinajstić information content (AvgIpc) is 2.90. The summed E-state index contributed by atoms with van der Waals surface area (Å²) in [5.41, 5.74) is 1.06. The summed E-state index contributed by atoms with van der Waals surface area (Å²) in [5.74, 6) is 0.513. The van der Waals surface area contributed by atoms with Crippen molar-refractivity contribution in [1.29, 1.82) is 0 Å². The van der Waals surface area contributed by atoms with E-state index >= 15 is 0 Å². The molecule has 0 bridgehead atoms. The summed E-state index contributed by atoms with van der Waals surface area (Å²) in [6.07, 6.45) is 5.16. The van der Waals surface area contributed by atoms with Gasteiger partial charge in [0.05, 0.1) is 17.5 Å². The van der Waals surface area contributed by atoms with Gasteiger partial charge in [-0.05, 0) is 0 Å². The monoisotopic (exact) mass is 273 g/mol. The fourth-order valence-corrected chi connectivity index (χ4v) is 2.28. The third-order valence-corrected chi connectivity index (χ3v) is 3.33. The molecule has 1 atom stereocenters. The Balaban J connectivity index is 2.00. The van der Waals surface area contributed by atoms with E-state index in [0.29, 0.717) is 12.4 Å². The predicted octanol–water partition coefficient (Wildman–Crippen LogP) is 0.430. The molecule has 0 radical (unpaired) electrons. The van der Waals surface area contributed by atoms with Crippen LogP contribution in [0.2, 0.25) is 0 Å². The van der Waals surface area contributed by atoms with Crippen LogP contribution < -0.4 is 9.88 Å². The Kier molecular flexibility index (Phi) is 2.90. The highest BCUT2D eigenvalue weighted by Gasteiger charge is 2.34. The van der Waals surface area contributed by atoms with Crippen LogP contribution in [-0.4, -0.2) is 19.7 Å². The van der Waals surface area contributed by atoms with Crippen molar-refractivity contribution in [3.8, 4) is 0 Å². The number of aromatic nitrogens is 4. The Morgan fingerprint density at radius 3 is 3.15 bits per heavy atom. The maximum atomic E-state index is 11.2. The lowest BCUT2D eigenvalue weighted by atomic mass is 10.1. The maximum absolute atomic E-state index is 11.2. The number of hydrogen-bond donors (Lipinski definition) is 1. The van der Waals surface area contributed by atoms with Crippen LogP contribution >= 0.6 is 0 Å². The van der Waals surface area contributed by atoms with E-state index in [1.165, 1.54) is 12.5 Å². The number of aryl methyl sites for hydroxylation is 1. The van der Waals surface area contributed by atoms with Gasteiger partial charge in [0.25, 0.3) is 5.70 Å². The van der Waals surface area contributed by atoms with Crippen molar-refractivity contribution < 1.29 is 9.49 Å². The van der Waals surface area contributed by atoms with Crippen molar-refractivity contribution in [2.45, 2.75) is 12.5 Å². The van der Waals surface area contributed by atoms with Gasteiger partial charge in [0, 0.05) is 12.1 Å². The molecule has 8 nitrogen and oxygen atoms in total. The minimum atomic E-state index is -0.475. The van der Waals surface area contributed by atoms with Gasteiger partial charge in [-0.25, -0.2) is 9.25 Å². The number of fused-ring (bicyclic) bond motifs is 1. The minimum Gasteiger partial charge on any atom is -0.325 e. The molecule has 3 heterocycles. The summed E-state index contributed by atoms with van der Waals surface area (Å²) >= 11 is 0. The molecule has 0 saturated carbocycles. The normalized spacial score (nSPS) is 17.1. The highest BCUT2D eigenvalue weighted by atomic mass is 16.6. The standard InChI is InChI=1S/C12H13N6O2/c1-16-5-3-2-4-9(16)6-10-11(18(19)20)7-13-12-14-8-15-17(10)12/h2-5,7-8,10H,6H2,1H3,(H,13,14,15)/q+1/t10-/m1/s1. The first kappa shape index (κ1) is 12.3. The van der Waals surface area contributed by atoms with Gasteiger partial charge in [-0.15, -0.1) is 0 Å². The smallest absolute Gasteiger partial charge is 0.287 e. The molecule has 1 aliphatic heterocycles. The summed E-state index contributed by atoms with van der Waals surface area (Å²) < 4.78 is 3.49. The minimum absolute atomic E-state index is 0.0758. The molecule has 2 aromatic rings. The lowest BCUT2D eigenvalue weighted by Crippen LogP contribution is -2.36. The number of hydrogen-bond acceptors (Lipinski definition) is 5. The summed E-state index contributed by atoms with van der Waals surface area (Å²) in [7, 11) is 1.91. The highest BCUT2D eigenvalue weighted by molar-refractivity contribution is 5.35. The third-order valence-electron chi connectivity index (χ3n) is 3.33. The molecule has 20 heavy (non-hydrogen) atoms. The van der Waals surface area contributed by atoms with Crippen LogP contribution in [0.1, 0.15) is 11.7 Å². The van der Waals surface area contributed by atoms with Gasteiger partial charge >= 0.3 is 0 Å². The zero-order valence-electron chi connectivity index (χ0n) is 10.8. The summed E-state index contributed by atoms with van der Waals surface area (Å²) in [4.78, 5) is 14.8. The molecular formula is C12H13N6O2+. The number of allylic oxidation sites excluding steroid dienone is 1. The molecule has 8 heteroatoms. The van der Waals surface area contributed by atoms with E-state index in [1.54, 1.807) is 4.68 Å². The third kappa shape index (κ3) is 2.00. The molecule has 0 saturated heterocycles. The SMILES string of the molecule is C[n+]1ccccc1C[C@@H]1C([N+](=O)[O-])=CNc2ncnn21. The van der Waals surface area contributed by atoms with Crippen molar-refractivity contribution in [1.82, 2.24) is 14.8 Å². The van der Waals surface area contributed by atoms with Crippen molar-refractivity contribution >= 4 is 5.95 Å². The molecule has 0 aliphatic carbocycles. The van der Waals surface area contributed by atoms with Gasteiger partial charge < -0.3 is 5.32 Å². The molecule has 0 aromatic carbocycles. The van der Waals surface area contributed by atoms with Crippen molar-refractivity contribution in [2.75, 3.05) is 5.32 Å². The Bertz CT molecular complexity index is 693. The first-order valence-corrected chi connectivity index (χ1v) is 6.11. The van der Waals surface area contributed by atoms with E-state index in [1.807, 2.05) is 36.0 Å². The molecule has 1 aliphatic rings. The Hall–Kier alpha value is -2.77. The second kappa shape index (κ2) is 4.72. The Morgan fingerprint density at radius 1 is 1.55 bits per heavy atom. The summed E-state index contributed by atoms with van der Waals surface area (Å²) in [5, 5.41) is 18.1. The quantitative estimate of drug-likeness (QED) is 0.497. The van der Waals surface area contributed by atoms with E-state index in [-0.39, 0.29) is 10.6 Å². The Morgan fingerprint density at radius 2 is 2.40 bits per heavy atom. The van der Waals surface area contributed by atoms with Gasteiger partial charge in [0.15, 0.2) is 17.9 Å². The van der Waals surface area contributed by atoms with Gasteiger partial charge in [-0.2, -0.15) is 10.1 Å². The molecular weight excluding hydrogens is 260 g/mol. The highest BCUT2D eigenvalue weighted by Crippen LogP contribution is 2.27. The number of nitro groups is 1. The molecule has 0 spiro atoms. The second-order valence-electron chi connectivity index (χ2n) is 4.52. The van der Waals surface area contributed by atoms with Crippen molar-refractivity contribution in [2.24, 2.45) is 7.05 Å². The van der Waals surface area contributed by atoms with E-state index in [4.69, 9.17) is 0 Å². The predicted molar refractivity (Wildman–Crippen MR) is 69.1 cm³/mol. The van der Waals surface area contributed by atoms with E-state index in [0.717, 1.165) is 5.69 Å². The van der Waals surface area contributed by atoms with E-state index in [9.17, 15) is 10.1 Å². The second-order valence-corrected chi connectivity index (χ2v) is 4.52. The molecule has 0 unspecified atom stereocenters. The van der Waals surface area contributed by atoms with E-state index in [2.05, 4.69) is 15.4 Å². The number of nitrogens with zero attached hydrogens (tertiary/aromatic N) is 5. The average molecular weight is 273 g/mol. The summed E-state index contributed by atoms with van der Waals surface area (Å²) in [6.45, 7) is 0. The molecule has 0 amide bonds. The number of nitrogens with one attached hydrogen (secondary N) is 1. The van der Waals surface area contributed by atoms with Crippen LogP contribution in [0.4, 0.5) is 5.95 Å². The molecule has 1 N–H and O–H groups in total. The van der Waals surface area contributed by atoms with Crippen LogP contribution in [0, 0.1) is 10.1 Å². The van der Waals surface area contributed by atoms with E-state index < -0.39 is 6.04 Å². The van der Waals surface area contributed by atoms with Crippen LogP contribution in [0.15, 0.2) is 42.6 Å². The zero-order chi connectivity index (χ0) is 14.1. The largest absolute Gasteiger partial charge is 0.325 e. The Labute approximate surface area is 114 Å². The fourth-order valence-electron chi connectivity index (χ4n) is 2.28. The molecule has 2 aromatic heterocycles. The van der Waals surface area contributed by atoms with Crippen LogP contribution in [0.25, 0.3) is 0 Å². The topological polar surface area (TPSA) is 89.8 Å². The zero-order valence-corrected chi connectivity index (χ0v) is 10.8. The number of pyridine rings is 1.